The van der Waals surface area contributed by atoms with Gasteiger partial charge in [0.15, 0.2) is 0 Å². The standard InChI is InChI=1S/C18H37N3/c1-5-15-9-7-10-16(13-15)18(19-6-2)17-14-20(3)11-8-12-21(17)4/h15-19H,5-14H2,1-4H3. The van der Waals surface area contributed by atoms with Gasteiger partial charge < -0.3 is 15.1 Å². The van der Waals surface area contributed by atoms with Crippen molar-refractivity contribution >= 4 is 0 Å². The van der Waals surface area contributed by atoms with Gasteiger partial charge in [-0.1, -0.05) is 33.1 Å². The highest BCUT2D eigenvalue weighted by Gasteiger charge is 2.35. The van der Waals surface area contributed by atoms with Crippen molar-refractivity contribution in [1.29, 1.82) is 0 Å². The lowest BCUT2D eigenvalue weighted by atomic mass is 9.74. The van der Waals surface area contributed by atoms with Crippen molar-refractivity contribution < 1.29 is 0 Å². The molecular weight excluding hydrogens is 258 g/mol. The zero-order chi connectivity index (χ0) is 15.2. The second-order valence-corrected chi connectivity index (χ2v) is 7.45. The molecule has 1 saturated heterocycles. The summed E-state index contributed by atoms with van der Waals surface area (Å²) in [7, 11) is 4.64. The van der Waals surface area contributed by atoms with Gasteiger partial charge in [-0.15, -0.1) is 0 Å². The maximum absolute atomic E-state index is 3.88. The first-order valence-corrected chi connectivity index (χ1v) is 9.27. The minimum Gasteiger partial charge on any atom is -0.312 e. The van der Waals surface area contributed by atoms with E-state index in [4.69, 9.17) is 0 Å². The van der Waals surface area contributed by atoms with Crippen LogP contribution in [0.25, 0.3) is 0 Å². The fourth-order valence-electron chi connectivity index (χ4n) is 4.58. The highest BCUT2D eigenvalue weighted by atomic mass is 15.2. The Hall–Kier alpha value is -0.120. The Morgan fingerprint density at radius 1 is 1.10 bits per heavy atom. The Balaban J connectivity index is 2.08. The summed E-state index contributed by atoms with van der Waals surface area (Å²) in [6.45, 7) is 9.48. The summed E-state index contributed by atoms with van der Waals surface area (Å²) >= 11 is 0. The van der Waals surface area contributed by atoms with Crippen LogP contribution in [0.1, 0.15) is 52.4 Å². The number of likely N-dealkylation sites (N-methyl/N-ethyl adjacent to an activating group) is 3. The Kier molecular flexibility index (Phi) is 6.97. The van der Waals surface area contributed by atoms with Gasteiger partial charge in [0, 0.05) is 18.6 Å². The number of hydrogen-bond donors (Lipinski definition) is 1. The van der Waals surface area contributed by atoms with Gasteiger partial charge in [-0.25, -0.2) is 0 Å². The molecule has 0 aromatic heterocycles. The zero-order valence-electron chi connectivity index (χ0n) is 14.8. The second-order valence-electron chi connectivity index (χ2n) is 7.45. The van der Waals surface area contributed by atoms with Gasteiger partial charge >= 0.3 is 0 Å². The predicted molar refractivity (Wildman–Crippen MR) is 91.7 cm³/mol. The third-order valence-corrected chi connectivity index (χ3v) is 5.88. The fourth-order valence-corrected chi connectivity index (χ4v) is 4.58. The van der Waals surface area contributed by atoms with Crippen LogP contribution in [0.3, 0.4) is 0 Å². The molecule has 0 spiro atoms. The van der Waals surface area contributed by atoms with Gasteiger partial charge in [0.25, 0.3) is 0 Å². The Morgan fingerprint density at radius 3 is 2.62 bits per heavy atom. The van der Waals surface area contributed by atoms with Gasteiger partial charge in [0.05, 0.1) is 0 Å². The SMILES string of the molecule is CCNC(C1CCCC(CC)C1)C1CN(C)CCCN1C. The quantitative estimate of drug-likeness (QED) is 0.841. The third-order valence-electron chi connectivity index (χ3n) is 5.88. The number of hydrogen-bond acceptors (Lipinski definition) is 3. The van der Waals surface area contributed by atoms with E-state index in [9.17, 15) is 0 Å². The molecule has 3 heteroatoms. The van der Waals surface area contributed by atoms with Gasteiger partial charge in [0.1, 0.15) is 0 Å². The molecule has 1 aliphatic carbocycles. The average molecular weight is 296 g/mol. The number of nitrogens with zero attached hydrogens (tertiary/aromatic N) is 2. The average Bonchev–Trinajstić information content (AvgIpc) is 2.66. The molecule has 2 rings (SSSR count). The van der Waals surface area contributed by atoms with Crippen LogP contribution in [0.5, 0.6) is 0 Å². The Bertz CT molecular complexity index is 294. The number of rotatable bonds is 5. The smallest absolute Gasteiger partial charge is 0.0376 e. The molecule has 0 radical (unpaired) electrons. The van der Waals surface area contributed by atoms with E-state index in [0.29, 0.717) is 12.1 Å². The fraction of sp³-hybridized carbons (Fsp3) is 1.00. The first kappa shape index (κ1) is 17.2. The topological polar surface area (TPSA) is 18.5 Å². The molecule has 4 atom stereocenters. The largest absolute Gasteiger partial charge is 0.312 e. The molecule has 3 nitrogen and oxygen atoms in total. The summed E-state index contributed by atoms with van der Waals surface area (Å²) in [6.07, 6.45) is 8.47. The summed E-state index contributed by atoms with van der Waals surface area (Å²) < 4.78 is 0. The summed E-state index contributed by atoms with van der Waals surface area (Å²) in [4.78, 5) is 5.17. The minimum atomic E-state index is 0.676. The lowest BCUT2D eigenvalue weighted by molar-refractivity contribution is 0.112. The molecule has 1 heterocycles. The van der Waals surface area contributed by atoms with Crippen molar-refractivity contribution in [3.05, 3.63) is 0 Å². The van der Waals surface area contributed by atoms with Crippen LogP contribution in [0.2, 0.25) is 0 Å². The highest BCUT2D eigenvalue weighted by molar-refractivity contribution is 4.93. The lowest BCUT2D eigenvalue weighted by Crippen LogP contribution is -2.56. The molecular formula is C18H37N3. The molecule has 2 fully saturated rings. The minimum absolute atomic E-state index is 0.676. The van der Waals surface area contributed by atoms with E-state index in [2.05, 4.69) is 43.1 Å². The van der Waals surface area contributed by atoms with E-state index >= 15 is 0 Å². The maximum atomic E-state index is 3.88. The van der Waals surface area contributed by atoms with E-state index in [-0.39, 0.29) is 0 Å². The first-order chi connectivity index (χ1) is 10.2. The predicted octanol–water partition coefficient (Wildman–Crippen LogP) is 2.82. The molecule has 0 bridgehead atoms. The van der Waals surface area contributed by atoms with Crippen LogP contribution < -0.4 is 5.32 Å². The monoisotopic (exact) mass is 295 g/mol. The van der Waals surface area contributed by atoms with E-state index in [0.717, 1.165) is 18.4 Å². The van der Waals surface area contributed by atoms with Crippen molar-refractivity contribution in [3.63, 3.8) is 0 Å². The lowest BCUT2D eigenvalue weighted by Gasteiger charge is -2.42. The van der Waals surface area contributed by atoms with Crippen molar-refractivity contribution in [2.45, 2.75) is 64.5 Å². The normalized spacial score (nSPS) is 34.6. The summed E-state index contributed by atoms with van der Waals surface area (Å²) in [5.74, 6) is 1.85. The first-order valence-electron chi connectivity index (χ1n) is 9.27. The van der Waals surface area contributed by atoms with Crippen molar-refractivity contribution in [2.24, 2.45) is 11.8 Å². The van der Waals surface area contributed by atoms with E-state index in [1.165, 1.54) is 58.2 Å². The molecule has 0 amide bonds. The van der Waals surface area contributed by atoms with Crippen LogP contribution in [0.15, 0.2) is 0 Å². The third kappa shape index (κ3) is 4.67. The molecule has 0 aromatic carbocycles. The van der Waals surface area contributed by atoms with E-state index in [1.807, 2.05) is 0 Å². The van der Waals surface area contributed by atoms with Crippen molar-refractivity contribution in [1.82, 2.24) is 15.1 Å². The molecule has 124 valence electrons. The van der Waals surface area contributed by atoms with Crippen LogP contribution >= 0.6 is 0 Å². The molecule has 4 unspecified atom stereocenters. The second kappa shape index (κ2) is 8.50. The van der Waals surface area contributed by atoms with Crippen LogP contribution in [0, 0.1) is 11.8 Å². The summed E-state index contributed by atoms with van der Waals surface area (Å²) in [5.41, 5.74) is 0. The van der Waals surface area contributed by atoms with E-state index < -0.39 is 0 Å². The number of nitrogens with one attached hydrogen (secondary N) is 1. The molecule has 2 aliphatic rings. The van der Waals surface area contributed by atoms with Gasteiger partial charge in [-0.05, 0) is 64.8 Å². The molecule has 1 saturated carbocycles. The summed E-state index contributed by atoms with van der Waals surface area (Å²) in [6, 6.07) is 1.35. The Labute approximate surface area is 132 Å². The molecule has 1 aliphatic heterocycles. The maximum Gasteiger partial charge on any atom is 0.0376 e. The molecule has 1 N–H and O–H groups in total. The van der Waals surface area contributed by atoms with Gasteiger partial charge in [-0.2, -0.15) is 0 Å². The molecule has 0 aromatic rings. The van der Waals surface area contributed by atoms with Gasteiger partial charge in [0.2, 0.25) is 0 Å². The van der Waals surface area contributed by atoms with Crippen molar-refractivity contribution in [3.8, 4) is 0 Å². The highest BCUT2D eigenvalue weighted by Crippen LogP contribution is 2.34. The zero-order valence-corrected chi connectivity index (χ0v) is 14.8. The van der Waals surface area contributed by atoms with E-state index in [1.54, 1.807) is 0 Å². The summed E-state index contributed by atoms with van der Waals surface area (Å²) in [5, 5.41) is 3.88. The van der Waals surface area contributed by atoms with Gasteiger partial charge in [-0.3, -0.25) is 0 Å². The van der Waals surface area contributed by atoms with Crippen molar-refractivity contribution in [2.75, 3.05) is 40.3 Å². The van der Waals surface area contributed by atoms with Crippen LogP contribution in [-0.4, -0.2) is 62.2 Å². The molecule has 21 heavy (non-hydrogen) atoms. The Morgan fingerprint density at radius 2 is 1.90 bits per heavy atom. The van der Waals surface area contributed by atoms with Crippen LogP contribution in [0.4, 0.5) is 0 Å². The van der Waals surface area contributed by atoms with Crippen LogP contribution in [-0.2, 0) is 0 Å².